The number of aliphatic hydroxyl groups excluding tert-OH is 1. The van der Waals surface area contributed by atoms with Gasteiger partial charge in [-0.25, -0.2) is 0 Å². The normalized spacial score (nSPS) is 22.5. The molecule has 3 nitrogen and oxygen atoms in total. The Morgan fingerprint density at radius 1 is 1.40 bits per heavy atom. The average Bonchev–Trinajstić information content (AvgIpc) is 2.29. The van der Waals surface area contributed by atoms with Crippen molar-refractivity contribution in [2.24, 2.45) is 0 Å². The van der Waals surface area contributed by atoms with Crippen molar-refractivity contribution < 1.29 is 9.32 Å². The number of rotatable bonds is 6. The first kappa shape index (κ1) is 13.1. The maximum atomic E-state index is 12.0. The Morgan fingerprint density at radius 2 is 2.07 bits per heavy atom. The van der Waals surface area contributed by atoms with E-state index in [1.807, 2.05) is 7.05 Å². The predicted octanol–water partition coefficient (Wildman–Crippen LogP) is 1.04. The van der Waals surface area contributed by atoms with Crippen molar-refractivity contribution in [3.05, 3.63) is 0 Å². The second-order valence-electron chi connectivity index (χ2n) is 4.31. The van der Waals surface area contributed by atoms with Crippen molar-refractivity contribution in [1.29, 1.82) is 0 Å². The van der Waals surface area contributed by atoms with E-state index in [1.165, 1.54) is 19.3 Å². The van der Waals surface area contributed by atoms with Crippen LogP contribution in [0.25, 0.3) is 0 Å². The van der Waals surface area contributed by atoms with Gasteiger partial charge in [0, 0.05) is 34.5 Å². The molecule has 1 aliphatic carbocycles. The zero-order chi connectivity index (χ0) is 11.1. The molecule has 0 aromatic carbocycles. The summed E-state index contributed by atoms with van der Waals surface area (Å²) in [6.45, 7) is 0.174. The number of hydrogen-bond acceptors (Lipinski definition) is 3. The second kappa shape index (κ2) is 7.36. The fourth-order valence-electron chi connectivity index (χ4n) is 2.13. The van der Waals surface area contributed by atoms with E-state index in [2.05, 4.69) is 5.32 Å². The molecule has 0 aromatic rings. The molecule has 0 amide bonds. The monoisotopic (exact) mass is 233 g/mol. The van der Waals surface area contributed by atoms with Gasteiger partial charge >= 0.3 is 0 Å². The summed E-state index contributed by atoms with van der Waals surface area (Å²) in [6.07, 6.45) is 6.74. The molecule has 1 fully saturated rings. The van der Waals surface area contributed by atoms with E-state index in [0.29, 0.717) is 17.4 Å². The molecule has 90 valence electrons. The molecule has 0 aromatic heterocycles. The molecule has 2 atom stereocenters. The standard InChI is InChI=1S/C11H23NO2S/c1-12-10(7-8-13)9-15(14)11-5-3-2-4-6-11/h10-13H,2-9H2,1H3. The first-order valence-electron chi connectivity index (χ1n) is 5.93. The Hall–Kier alpha value is 0.0700. The molecule has 4 heteroatoms. The molecule has 15 heavy (non-hydrogen) atoms. The smallest absolute Gasteiger partial charge is 0.0446 e. The first-order chi connectivity index (χ1) is 7.27. The van der Waals surface area contributed by atoms with Crippen LogP contribution >= 0.6 is 0 Å². The molecular formula is C11H23NO2S. The molecule has 1 saturated carbocycles. The van der Waals surface area contributed by atoms with E-state index in [4.69, 9.17) is 5.11 Å². The topological polar surface area (TPSA) is 49.3 Å². The van der Waals surface area contributed by atoms with Gasteiger partial charge in [-0.1, -0.05) is 19.3 Å². The zero-order valence-electron chi connectivity index (χ0n) is 9.58. The summed E-state index contributed by atoms with van der Waals surface area (Å²) in [7, 11) is 1.16. The van der Waals surface area contributed by atoms with Crippen LogP contribution in [0.2, 0.25) is 0 Å². The summed E-state index contributed by atoms with van der Waals surface area (Å²) in [6, 6.07) is 0.206. The van der Waals surface area contributed by atoms with E-state index in [9.17, 15) is 4.21 Å². The van der Waals surface area contributed by atoms with Crippen LogP contribution in [0.1, 0.15) is 38.5 Å². The fourth-order valence-corrected chi connectivity index (χ4v) is 3.99. The molecule has 1 aliphatic rings. The highest BCUT2D eigenvalue weighted by Crippen LogP contribution is 2.22. The molecule has 0 saturated heterocycles. The van der Waals surface area contributed by atoms with Crippen molar-refractivity contribution in [1.82, 2.24) is 5.32 Å². The highest BCUT2D eigenvalue weighted by atomic mass is 32.2. The van der Waals surface area contributed by atoms with Crippen molar-refractivity contribution in [3.63, 3.8) is 0 Å². The van der Waals surface area contributed by atoms with Gasteiger partial charge in [-0.15, -0.1) is 0 Å². The molecule has 0 aliphatic heterocycles. The highest BCUT2D eigenvalue weighted by Gasteiger charge is 2.21. The summed E-state index contributed by atoms with van der Waals surface area (Å²) in [5.74, 6) is 0.696. The van der Waals surface area contributed by atoms with E-state index in [0.717, 1.165) is 12.8 Å². The third-order valence-electron chi connectivity index (χ3n) is 3.18. The Kier molecular flexibility index (Phi) is 6.45. The van der Waals surface area contributed by atoms with Crippen LogP contribution in [0.15, 0.2) is 0 Å². The second-order valence-corrected chi connectivity index (χ2v) is 6.07. The van der Waals surface area contributed by atoms with Crippen molar-refractivity contribution in [3.8, 4) is 0 Å². The lowest BCUT2D eigenvalue weighted by Crippen LogP contribution is -2.35. The van der Waals surface area contributed by atoms with Crippen LogP contribution in [-0.2, 0) is 10.8 Å². The van der Waals surface area contributed by atoms with Gasteiger partial charge in [0.05, 0.1) is 0 Å². The van der Waals surface area contributed by atoms with Crippen LogP contribution in [0.5, 0.6) is 0 Å². The first-order valence-corrected chi connectivity index (χ1v) is 7.31. The van der Waals surface area contributed by atoms with Gasteiger partial charge < -0.3 is 10.4 Å². The van der Waals surface area contributed by atoms with Crippen LogP contribution in [0, 0.1) is 0 Å². The third kappa shape index (κ3) is 4.62. The molecule has 0 bridgehead atoms. The van der Waals surface area contributed by atoms with E-state index < -0.39 is 10.8 Å². The van der Waals surface area contributed by atoms with Gasteiger partial charge in [-0.2, -0.15) is 0 Å². The lowest BCUT2D eigenvalue weighted by Gasteiger charge is -2.23. The van der Waals surface area contributed by atoms with Gasteiger partial charge in [0.2, 0.25) is 0 Å². The van der Waals surface area contributed by atoms with E-state index in [-0.39, 0.29) is 12.6 Å². The Bertz CT molecular complexity index is 193. The lowest BCUT2D eigenvalue weighted by molar-refractivity contribution is 0.272. The molecule has 1 rings (SSSR count). The highest BCUT2D eigenvalue weighted by molar-refractivity contribution is 7.85. The number of nitrogens with one attached hydrogen (secondary N) is 1. The Balaban J connectivity index is 2.31. The molecular weight excluding hydrogens is 210 g/mol. The summed E-state index contributed by atoms with van der Waals surface area (Å²) < 4.78 is 12.0. The minimum absolute atomic E-state index is 0.174. The predicted molar refractivity (Wildman–Crippen MR) is 64.4 cm³/mol. The molecule has 0 heterocycles. The maximum absolute atomic E-state index is 12.0. The van der Waals surface area contributed by atoms with Gasteiger partial charge in [0.1, 0.15) is 0 Å². The lowest BCUT2D eigenvalue weighted by atomic mass is 10.0. The maximum Gasteiger partial charge on any atom is 0.0446 e. The molecule has 2 N–H and O–H groups in total. The summed E-state index contributed by atoms with van der Waals surface area (Å²) >= 11 is 0. The van der Waals surface area contributed by atoms with E-state index in [1.54, 1.807) is 0 Å². The van der Waals surface area contributed by atoms with Crippen LogP contribution in [0.4, 0.5) is 0 Å². The SMILES string of the molecule is CNC(CCO)CS(=O)C1CCCCC1. The van der Waals surface area contributed by atoms with Crippen molar-refractivity contribution in [2.45, 2.75) is 49.8 Å². The third-order valence-corrected chi connectivity index (χ3v) is 5.12. The largest absolute Gasteiger partial charge is 0.396 e. The van der Waals surface area contributed by atoms with Crippen LogP contribution in [-0.4, -0.2) is 40.0 Å². The minimum atomic E-state index is -0.712. The number of aliphatic hydroxyl groups is 1. The van der Waals surface area contributed by atoms with Gasteiger partial charge in [-0.3, -0.25) is 4.21 Å². The Labute approximate surface area is 95.1 Å². The van der Waals surface area contributed by atoms with Gasteiger partial charge in [0.25, 0.3) is 0 Å². The van der Waals surface area contributed by atoms with Crippen LogP contribution in [0.3, 0.4) is 0 Å². The molecule has 2 unspecified atom stereocenters. The summed E-state index contributed by atoms with van der Waals surface area (Å²) in [5, 5.41) is 12.4. The van der Waals surface area contributed by atoms with Crippen molar-refractivity contribution in [2.75, 3.05) is 19.4 Å². The quantitative estimate of drug-likeness (QED) is 0.720. The Morgan fingerprint density at radius 3 is 2.60 bits per heavy atom. The van der Waals surface area contributed by atoms with Gasteiger partial charge in [0.15, 0.2) is 0 Å². The van der Waals surface area contributed by atoms with E-state index >= 15 is 0 Å². The average molecular weight is 233 g/mol. The summed E-state index contributed by atoms with van der Waals surface area (Å²) in [4.78, 5) is 0. The van der Waals surface area contributed by atoms with Crippen molar-refractivity contribution >= 4 is 10.8 Å². The minimum Gasteiger partial charge on any atom is -0.396 e. The zero-order valence-corrected chi connectivity index (χ0v) is 10.4. The molecule has 0 radical (unpaired) electrons. The summed E-state index contributed by atoms with van der Waals surface area (Å²) in [5.41, 5.74) is 0. The number of hydrogen-bond donors (Lipinski definition) is 2. The van der Waals surface area contributed by atoms with Crippen LogP contribution < -0.4 is 5.32 Å². The molecule has 0 spiro atoms. The van der Waals surface area contributed by atoms with Gasteiger partial charge in [-0.05, 0) is 26.3 Å². The fraction of sp³-hybridized carbons (Fsp3) is 1.00.